The molecular formula is C41H83N12O14P3. The van der Waals surface area contributed by atoms with E-state index in [1.165, 1.54) is 14.2 Å². The zero-order valence-corrected chi connectivity index (χ0v) is 45.4. The number of morpholine rings is 3. The Morgan fingerprint density at radius 3 is 1.83 bits per heavy atom. The fourth-order valence-corrected chi connectivity index (χ4v) is 14.9. The predicted molar refractivity (Wildman–Crippen MR) is 263 cm³/mol. The van der Waals surface area contributed by atoms with Gasteiger partial charge in [-0.05, 0) is 75.3 Å². The summed E-state index contributed by atoms with van der Waals surface area (Å²) in [7, 11) is -2.57. The Hall–Kier alpha value is -2.35. The van der Waals surface area contributed by atoms with Gasteiger partial charge in [0.25, 0.3) is 7.52 Å². The molecular weight excluding hydrogens is 977 g/mol. The Morgan fingerprint density at radius 1 is 0.757 bits per heavy atom. The molecule has 4 fully saturated rings. The number of guanidine groups is 1. The highest BCUT2D eigenvalue weighted by atomic mass is 31.2. The molecule has 406 valence electrons. The highest BCUT2D eigenvalue weighted by Crippen LogP contribution is 2.56. The van der Waals surface area contributed by atoms with Gasteiger partial charge in [-0.25, -0.2) is 28.1 Å². The van der Waals surface area contributed by atoms with Crippen LogP contribution < -0.4 is 22.1 Å². The Balaban J connectivity index is 1.34. The van der Waals surface area contributed by atoms with Crippen LogP contribution in [-0.2, 0) is 55.8 Å². The summed E-state index contributed by atoms with van der Waals surface area (Å²) in [6.07, 6.45) is -1.73. The number of carbonyl (C=O) groups excluding carboxylic acids is 3. The zero-order valence-electron chi connectivity index (χ0n) is 42.7. The van der Waals surface area contributed by atoms with Gasteiger partial charge >= 0.3 is 21.4 Å². The molecule has 29 heteroatoms. The van der Waals surface area contributed by atoms with Gasteiger partial charge in [0.1, 0.15) is 6.61 Å². The second kappa shape index (κ2) is 28.4. The molecule has 4 heterocycles. The summed E-state index contributed by atoms with van der Waals surface area (Å²) in [5.41, 5.74) is 10.8. The molecule has 0 aliphatic carbocycles. The number of aliphatic hydroxyl groups is 1. The van der Waals surface area contributed by atoms with Crippen molar-refractivity contribution in [3.8, 4) is 0 Å². The molecule has 0 bridgehead atoms. The molecule has 0 aromatic heterocycles. The summed E-state index contributed by atoms with van der Waals surface area (Å²) in [5.74, 6) is -0.765. The van der Waals surface area contributed by atoms with Gasteiger partial charge < -0.3 is 69.5 Å². The van der Waals surface area contributed by atoms with Crippen LogP contribution in [0.3, 0.4) is 0 Å². The van der Waals surface area contributed by atoms with Crippen molar-refractivity contribution >= 4 is 46.7 Å². The Bertz CT molecular complexity index is 1850. The first-order valence-corrected chi connectivity index (χ1v) is 29.0. The number of hydrogen-bond acceptors (Lipinski definition) is 16. The van der Waals surface area contributed by atoms with E-state index in [0.29, 0.717) is 32.4 Å². The number of nitrogens with one attached hydrogen (secondary N) is 2. The number of aliphatic hydroxyl groups excluding tert-OH is 1. The summed E-state index contributed by atoms with van der Waals surface area (Å²) < 4.78 is 94.7. The lowest BCUT2D eigenvalue weighted by molar-refractivity contribution is -0.147. The van der Waals surface area contributed by atoms with E-state index in [4.69, 9.17) is 49.1 Å². The van der Waals surface area contributed by atoms with Crippen molar-refractivity contribution in [1.29, 1.82) is 0 Å². The van der Waals surface area contributed by atoms with Crippen LogP contribution in [0.25, 0.3) is 0 Å². The predicted octanol–water partition coefficient (Wildman–Crippen LogP) is 0.483. The van der Waals surface area contributed by atoms with Crippen LogP contribution in [0.5, 0.6) is 0 Å². The van der Waals surface area contributed by atoms with Gasteiger partial charge in [0.2, 0.25) is 11.8 Å². The summed E-state index contributed by atoms with van der Waals surface area (Å²) >= 11 is 0. The first kappa shape index (κ1) is 60.2. The molecule has 0 aromatic carbocycles. The number of amides is 3. The maximum atomic E-state index is 14.9. The molecule has 0 spiro atoms. The maximum absolute atomic E-state index is 14.9. The number of hydrogen-bond donors (Lipinski definition) is 5. The van der Waals surface area contributed by atoms with Gasteiger partial charge in [0.05, 0.1) is 75.9 Å². The molecule has 0 aromatic rings. The molecule has 7 N–H and O–H groups in total. The minimum absolute atomic E-state index is 0.00102. The number of ether oxygens (including phenoxy) is 4. The summed E-state index contributed by atoms with van der Waals surface area (Å²) in [4.78, 5) is 45.7. The van der Waals surface area contributed by atoms with Gasteiger partial charge in [0, 0.05) is 77.9 Å². The lowest BCUT2D eigenvalue weighted by atomic mass is 9.99. The van der Waals surface area contributed by atoms with Crippen LogP contribution in [0.2, 0.25) is 0 Å². The third-order valence-corrected chi connectivity index (χ3v) is 19.8. The van der Waals surface area contributed by atoms with Crippen molar-refractivity contribution in [2.75, 3.05) is 153 Å². The van der Waals surface area contributed by atoms with Crippen molar-refractivity contribution in [3.05, 3.63) is 0 Å². The second-order valence-electron chi connectivity index (χ2n) is 18.5. The minimum Gasteiger partial charge on any atom is -0.447 e. The molecule has 4 saturated heterocycles. The maximum Gasteiger partial charge on any atom is 0.409 e. The van der Waals surface area contributed by atoms with Crippen LogP contribution in [0.1, 0.15) is 47.0 Å². The van der Waals surface area contributed by atoms with E-state index in [1.807, 2.05) is 27.7 Å². The first-order chi connectivity index (χ1) is 33.1. The first-order valence-electron chi connectivity index (χ1n) is 24.2. The normalized spacial score (nSPS) is 27.3. The number of nitrogens with zero attached hydrogens (tertiary/aromatic N) is 8. The van der Waals surface area contributed by atoms with Crippen molar-refractivity contribution in [3.63, 3.8) is 0 Å². The average Bonchev–Trinajstić information content (AvgIpc) is 3.32. The van der Waals surface area contributed by atoms with Gasteiger partial charge in [-0.15, -0.1) is 0 Å². The van der Waals surface area contributed by atoms with Crippen molar-refractivity contribution in [1.82, 2.24) is 43.8 Å². The number of carbonyl (C=O) groups is 3. The van der Waals surface area contributed by atoms with Gasteiger partial charge in [-0.3, -0.25) is 28.3 Å². The van der Waals surface area contributed by atoms with Crippen molar-refractivity contribution < 1.29 is 65.7 Å². The van der Waals surface area contributed by atoms with E-state index in [-0.39, 0.29) is 135 Å². The molecule has 0 radical (unpaired) electrons. The van der Waals surface area contributed by atoms with Crippen LogP contribution in [-0.4, -0.2) is 252 Å². The van der Waals surface area contributed by atoms with E-state index in [1.54, 1.807) is 54.1 Å². The zero-order chi connectivity index (χ0) is 51.8. The average molecular weight is 1060 g/mol. The molecule has 4 aliphatic heterocycles. The monoisotopic (exact) mass is 1060 g/mol. The number of rotatable bonds is 26. The quantitative estimate of drug-likeness (QED) is 0.0341. The fourth-order valence-electron chi connectivity index (χ4n) is 8.75. The topological polar surface area (TPSA) is 298 Å². The van der Waals surface area contributed by atoms with E-state index in [0.717, 1.165) is 0 Å². The molecule has 3 amide bonds. The standard InChI is InChI=1S/C41H83N12O14P3/c1-10-34(12-11-13-45-40(42)43)39(56)46-20-38(55)50-21-31(2)65-35(24-50)27-62-68(58,30-44-5)52-22-32(3)66-36(25-52)28-64-70(60,48(8)9)53-23-33(4)67-37(26-53)29-63-69(59,47(6)7)51-16-14-49(15-17-51)41(57)61-19-18-54/h31-37,44,54H,10-30H2,1-9H3,(H,46,56)(H4,42,43,45). The highest BCUT2D eigenvalue weighted by molar-refractivity contribution is 7.56. The largest absolute Gasteiger partial charge is 0.447 e. The number of aliphatic imine (C=N–C) groups is 1. The number of nitrogens with two attached hydrogens (primary N) is 2. The summed E-state index contributed by atoms with van der Waals surface area (Å²) in [5, 5.41) is 14.8. The lowest BCUT2D eigenvalue weighted by Crippen LogP contribution is -2.53. The van der Waals surface area contributed by atoms with Gasteiger partial charge in [-0.2, -0.15) is 0 Å². The van der Waals surface area contributed by atoms with E-state index in [2.05, 4.69) is 15.6 Å². The third-order valence-electron chi connectivity index (χ3n) is 12.2. The Labute approximate surface area is 414 Å². The lowest BCUT2D eigenvalue weighted by Gasteiger charge is -2.44. The molecule has 10 unspecified atom stereocenters. The Morgan fingerprint density at radius 2 is 1.29 bits per heavy atom. The van der Waals surface area contributed by atoms with Crippen molar-refractivity contribution in [2.45, 2.75) is 83.6 Å². The smallest absolute Gasteiger partial charge is 0.409 e. The van der Waals surface area contributed by atoms with E-state index in [9.17, 15) is 28.1 Å². The molecule has 26 nitrogen and oxygen atoms in total. The minimum atomic E-state index is -3.73. The highest BCUT2D eigenvalue weighted by Gasteiger charge is 2.45. The SMILES string of the molecule is CCC(CCCN=C(N)N)C(=O)NCC(=O)N1CC(C)OC(COP(=O)(CNC)N2CC(C)OC(COP(=O)(N(C)C)N3CC(C)OC(COP(=O)(N(C)C)N4CCN(C(=O)OCCO)CC4)C3)C2)C1. The van der Waals surface area contributed by atoms with Gasteiger partial charge in [-0.1, -0.05) is 6.92 Å². The van der Waals surface area contributed by atoms with E-state index < -0.39 is 59.5 Å². The number of piperazine rings is 1. The van der Waals surface area contributed by atoms with Crippen LogP contribution in [0, 0.1) is 5.92 Å². The fraction of sp³-hybridized carbons (Fsp3) is 0.902. The molecule has 70 heavy (non-hydrogen) atoms. The summed E-state index contributed by atoms with van der Waals surface area (Å²) in [6, 6.07) is 0. The second-order valence-corrected chi connectivity index (χ2v) is 26.1. The summed E-state index contributed by atoms with van der Waals surface area (Å²) in [6.45, 7) is 9.43. The van der Waals surface area contributed by atoms with Crippen molar-refractivity contribution in [2.24, 2.45) is 22.4 Å². The van der Waals surface area contributed by atoms with E-state index >= 15 is 0 Å². The van der Waals surface area contributed by atoms with Crippen LogP contribution in [0.4, 0.5) is 4.79 Å². The molecule has 4 rings (SSSR count). The van der Waals surface area contributed by atoms with Crippen LogP contribution >= 0.6 is 22.9 Å². The molecule has 0 saturated carbocycles. The third kappa shape index (κ3) is 17.4. The van der Waals surface area contributed by atoms with Gasteiger partial charge in [0.15, 0.2) is 5.96 Å². The molecule has 4 aliphatic rings. The Kier molecular flexibility index (Phi) is 24.4. The van der Waals surface area contributed by atoms with Crippen LogP contribution in [0.15, 0.2) is 4.99 Å². The molecule has 10 atom stereocenters.